The molecule has 2 aromatic carbocycles. The predicted molar refractivity (Wildman–Crippen MR) is 190 cm³/mol. The van der Waals surface area contributed by atoms with Crippen LogP contribution < -0.4 is 19.5 Å². The van der Waals surface area contributed by atoms with Crippen molar-refractivity contribution in [1.29, 1.82) is 0 Å². The lowest BCUT2D eigenvalue weighted by molar-refractivity contribution is -0.0959. The molecule has 0 bridgehead atoms. The number of halogens is 1. The molecule has 0 radical (unpaired) electrons. The number of nitrogens with zero attached hydrogens (tertiary/aromatic N) is 6. The number of fused-ring (bicyclic) bond motifs is 1. The van der Waals surface area contributed by atoms with Crippen LogP contribution in [0.15, 0.2) is 43.0 Å². The van der Waals surface area contributed by atoms with Gasteiger partial charge in [-0.25, -0.2) is 4.98 Å². The summed E-state index contributed by atoms with van der Waals surface area (Å²) in [7, 11) is 4.88. The van der Waals surface area contributed by atoms with Gasteiger partial charge in [0.2, 0.25) is 11.8 Å². The molecule has 1 aliphatic heterocycles. The molecule has 0 spiro atoms. The molecule has 0 saturated heterocycles. The van der Waals surface area contributed by atoms with E-state index in [0.29, 0.717) is 53.5 Å². The fourth-order valence-corrected chi connectivity index (χ4v) is 6.21. The lowest BCUT2D eigenvalue weighted by Gasteiger charge is -2.27. The number of ether oxygens (including phenoxy) is 3. The third-order valence-electron chi connectivity index (χ3n) is 8.77. The third kappa shape index (κ3) is 8.05. The summed E-state index contributed by atoms with van der Waals surface area (Å²) in [6, 6.07) is 11.5. The number of benzene rings is 2. The molecule has 0 saturated carbocycles. The number of unbranched alkanes of at least 4 members (excludes halogenated alkanes) is 1. The van der Waals surface area contributed by atoms with Crippen LogP contribution in [0.5, 0.6) is 17.8 Å². The van der Waals surface area contributed by atoms with Crippen LogP contribution >= 0.6 is 11.6 Å². The summed E-state index contributed by atoms with van der Waals surface area (Å²) in [4.78, 5) is 29.2. The number of nitrogens with one attached hydrogen (secondary N) is 1. The van der Waals surface area contributed by atoms with Crippen LogP contribution in [0.1, 0.15) is 58.5 Å². The molecule has 2 N–H and O–H groups in total. The summed E-state index contributed by atoms with van der Waals surface area (Å²) in [5.41, 5.74) is 6.45. The maximum Gasteiger partial charge on any atom is 0.323 e. The van der Waals surface area contributed by atoms with E-state index in [1.807, 2.05) is 48.9 Å². The van der Waals surface area contributed by atoms with Gasteiger partial charge in [-0.05, 0) is 36.1 Å². The smallest absolute Gasteiger partial charge is 0.323 e. The van der Waals surface area contributed by atoms with E-state index < -0.39 is 0 Å². The number of hydrogen-bond donors (Lipinski definition) is 2. The van der Waals surface area contributed by atoms with Crippen molar-refractivity contribution in [3.8, 4) is 28.9 Å². The molecule has 0 fully saturated rings. The zero-order chi connectivity index (χ0) is 35.1. The second-order valence-electron chi connectivity index (χ2n) is 11.9. The largest absolute Gasteiger partial charge is 0.480 e. The first-order valence-corrected chi connectivity index (χ1v) is 16.7. The second kappa shape index (κ2) is 16.3. The van der Waals surface area contributed by atoms with Gasteiger partial charge in [-0.1, -0.05) is 67.9 Å². The summed E-state index contributed by atoms with van der Waals surface area (Å²) in [6.45, 7) is 11.5. The summed E-state index contributed by atoms with van der Waals surface area (Å²) in [5.74, 6) is 0.587. The predicted octanol–water partition coefficient (Wildman–Crippen LogP) is 6.18. The van der Waals surface area contributed by atoms with Crippen LogP contribution in [0.4, 0.5) is 5.69 Å². The molecule has 1 aliphatic rings. The molecule has 0 atom stereocenters. The fourth-order valence-electron chi connectivity index (χ4n) is 5.94. The van der Waals surface area contributed by atoms with Gasteiger partial charge in [0, 0.05) is 57.4 Å². The summed E-state index contributed by atoms with van der Waals surface area (Å²) in [5, 5.41) is 14.9. The SMILES string of the molecule is C=Cc1c(OC)nc(OCc2cccc(-c3cccc(NC(=O)c4nc5c(n4C)CCN(CCN(O)CCCC)C5)c3Cl)c2C)nc1OC. The van der Waals surface area contributed by atoms with Gasteiger partial charge < -0.3 is 29.3 Å². The Hall–Kier alpha value is -4.49. The molecule has 0 unspecified atom stereocenters. The minimum absolute atomic E-state index is 0.106. The number of methoxy groups -OCH3 is 2. The van der Waals surface area contributed by atoms with Gasteiger partial charge in [-0.15, -0.1) is 0 Å². The number of anilines is 1. The molecule has 260 valence electrons. The maximum absolute atomic E-state index is 13.6. The lowest BCUT2D eigenvalue weighted by Crippen LogP contribution is -2.37. The average Bonchev–Trinajstić information content (AvgIpc) is 3.45. The van der Waals surface area contributed by atoms with Crippen molar-refractivity contribution in [3.63, 3.8) is 0 Å². The first-order chi connectivity index (χ1) is 23.7. The van der Waals surface area contributed by atoms with Gasteiger partial charge in [-0.3, -0.25) is 9.69 Å². The quantitative estimate of drug-likeness (QED) is 0.140. The van der Waals surface area contributed by atoms with E-state index in [0.717, 1.165) is 66.0 Å². The Balaban J connectivity index is 1.29. The van der Waals surface area contributed by atoms with E-state index in [4.69, 9.17) is 30.8 Å². The van der Waals surface area contributed by atoms with E-state index in [1.54, 1.807) is 12.1 Å². The van der Waals surface area contributed by atoms with Crippen LogP contribution in [0, 0.1) is 6.92 Å². The standard InChI is InChI=1S/C36H44ClN7O5/c1-7-9-17-44(46)20-19-43-18-16-30-29(21-43)38-32(42(30)4)33(45)39-28-15-11-14-27(31(28)37)26-13-10-12-24(23(26)3)22-49-36-40-34(47-5)25(8-2)35(41-36)48-6/h8,10-15,46H,2,7,9,16-22H2,1,3-6H3,(H,39,45). The highest BCUT2D eigenvalue weighted by Gasteiger charge is 2.26. The van der Waals surface area contributed by atoms with Gasteiger partial charge >= 0.3 is 6.01 Å². The van der Waals surface area contributed by atoms with E-state index in [2.05, 4.69) is 33.7 Å². The number of carbonyl (C=O) groups is 1. The Bertz CT molecular complexity index is 1790. The van der Waals surface area contributed by atoms with Gasteiger partial charge in [0.25, 0.3) is 5.91 Å². The number of aromatic nitrogens is 4. The van der Waals surface area contributed by atoms with E-state index in [9.17, 15) is 10.0 Å². The lowest BCUT2D eigenvalue weighted by atomic mass is 9.96. The fraction of sp³-hybridized carbons (Fsp3) is 0.389. The number of hydrogen-bond acceptors (Lipinski definition) is 10. The molecular formula is C36H44ClN7O5. The van der Waals surface area contributed by atoms with Crippen molar-refractivity contribution >= 4 is 29.3 Å². The van der Waals surface area contributed by atoms with E-state index in [1.165, 1.54) is 19.3 Å². The molecule has 2 aromatic heterocycles. The Morgan fingerprint density at radius 3 is 2.51 bits per heavy atom. The van der Waals surface area contributed by atoms with Gasteiger partial charge in [0.15, 0.2) is 5.82 Å². The van der Waals surface area contributed by atoms with Crippen molar-refractivity contribution in [2.45, 2.75) is 46.3 Å². The Labute approximate surface area is 292 Å². The molecule has 13 heteroatoms. The molecule has 5 rings (SSSR count). The van der Waals surface area contributed by atoms with E-state index >= 15 is 0 Å². The minimum atomic E-state index is -0.337. The summed E-state index contributed by atoms with van der Waals surface area (Å²) >= 11 is 6.96. The van der Waals surface area contributed by atoms with Gasteiger partial charge in [0.05, 0.1) is 36.2 Å². The van der Waals surface area contributed by atoms with Crippen LogP contribution in [0.25, 0.3) is 17.2 Å². The topological polar surface area (TPSA) is 127 Å². The molecular weight excluding hydrogens is 646 g/mol. The van der Waals surface area contributed by atoms with Crippen molar-refractivity contribution in [2.75, 3.05) is 45.7 Å². The van der Waals surface area contributed by atoms with Crippen LogP contribution in [-0.2, 0) is 26.6 Å². The molecule has 1 amide bonds. The van der Waals surface area contributed by atoms with Gasteiger partial charge in [-0.2, -0.15) is 15.0 Å². The van der Waals surface area contributed by atoms with Crippen molar-refractivity contribution in [1.82, 2.24) is 29.5 Å². The molecule has 12 nitrogen and oxygen atoms in total. The number of amides is 1. The Morgan fingerprint density at radius 1 is 1.10 bits per heavy atom. The molecule has 4 aromatic rings. The summed E-state index contributed by atoms with van der Waals surface area (Å²) in [6.07, 6.45) is 4.34. The zero-order valence-electron chi connectivity index (χ0n) is 28.8. The zero-order valence-corrected chi connectivity index (χ0v) is 29.5. The maximum atomic E-state index is 13.6. The number of hydroxylamine groups is 2. The second-order valence-corrected chi connectivity index (χ2v) is 12.2. The van der Waals surface area contributed by atoms with Crippen molar-refractivity contribution in [3.05, 3.63) is 81.9 Å². The number of imidazole rings is 1. The van der Waals surface area contributed by atoms with Crippen molar-refractivity contribution in [2.24, 2.45) is 7.05 Å². The van der Waals surface area contributed by atoms with E-state index in [-0.39, 0.29) is 18.5 Å². The van der Waals surface area contributed by atoms with Gasteiger partial charge in [0.1, 0.15) is 6.61 Å². The molecule has 3 heterocycles. The number of carbonyl (C=O) groups excluding carboxylic acids is 1. The van der Waals surface area contributed by atoms with Crippen LogP contribution in [0.2, 0.25) is 5.02 Å². The van der Waals surface area contributed by atoms with Crippen LogP contribution in [0.3, 0.4) is 0 Å². The summed E-state index contributed by atoms with van der Waals surface area (Å²) < 4.78 is 18.6. The van der Waals surface area contributed by atoms with Crippen LogP contribution in [-0.4, -0.2) is 81.0 Å². The molecule has 49 heavy (non-hydrogen) atoms. The van der Waals surface area contributed by atoms with Crippen molar-refractivity contribution < 1.29 is 24.2 Å². The Kier molecular flexibility index (Phi) is 11.9. The normalized spacial score (nSPS) is 12.9. The first kappa shape index (κ1) is 35.8. The number of rotatable bonds is 15. The minimum Gasteiger partial charge on any atom is -0.480 e. The Morgan fingerprint density at radius 2 is 1.82 bits per heavy atom. The third-order valence-corrected chi connectivity index (χ3v) is 9.18. The highest BCUT2D eigenvalue weighted by atomic mass is 35.5. The highest BCUT2D eigenvalue weighted by Crippen LogP contribution is 2.37. The highest BCUT2D eigenvalue weighted by molar-refractivity contribution is 6.36. The molecule has 0 aliphatic carbocycles. The average molecular weight is 690 g/mol. The monoisotopic (exact) mass is 689 g/mol. The first-order valence-electron chi connectivity index (χ1n) is 16.3.